The van der Waals surface area contributed by atoms with Gasteiger partial charge in [0, 0.05) is 30.0 Å². The number of anilines is 1. The Morgan fingerprint density at radius 2 is 1.61 bits per heavy atom. The molecule has 1 aromatic heterocycles. The van der Waals surface area contributed by atoms with Crippen LogP contribution in [0.15, 0.2) is 67.0 Å². The smallest absolute Gasteiger partial charge is 0.313 e. The molecule has 0 spiro atoms. The fraction of sp³-hybridized carbons (Fsp3) is 0.0556. The Morgan fingerprint density at radius 1 is 0.870 bits per heavy atom. The molecule has 5 nitrogen and oxygen atoms in total. The van der Waals surface area contributed by atoms with Crippen LogP contribution in [-0.2, 0) is 16.1 Å². The van der Waals surface area contributed by atoms with Crippen LogP contribution in [0.4, 0.5) is 5.69 Å². The third kappa shape index (κ3) is 3.52. The van der Waals surface area contributed by atoms with Crippen molar-refractivity contribution in [3.8, 4) is 0 Å². The number of pyridine rings is 1. The van der Waals surface area contributed by atoms with Gasteiger partial charge in [0.15, 0.2) is 0 Å². The Kier molecular flexibility index (Phi) is 4.29. The number of rotatable bonds is 3. The first-order chi connectivity index (χ1) is 11.2. The zero-order valence-electron chi connectivity index (χ0n) is 12.3. The molecule has 0 fully saturated rings. The summed E-state index contributed by atoms with van der Waals surface area (Å²) in [5.74, 6) is -1.36. The van der Waals surface area contributed by atoms with Crippen molar-refractivity contribution in [3.63, 3.8) is 0 Å². The van der Waals surface area contributed by atoms with Gasteiger partial charge < -0.3 is 10.6 Å². The van der Waals surface area contributed by atoms with Crippen LogP contribution in [0.3, 0.4) is 0 Å². The van der Waals surface area contributed by atoms with Gasteiger partial charge in [-0.1, -0.05) is 36.4 Å². The lowest BCUT2D eigenvalue weighted by Crippen LogP contribution is -2.35. The van der Waals surface area contributed by atoms with Gasteiger partial charge in [0.2, 0.25) is 0 Å². The van der Waals surface area contributed by atoms with Crippen molar-refractivity contribution in [1.29, 1.82) is 0 Å². The molecule has 0 radical (unpaired) electrons. The minimum absolute atomic E-state index is 0.282. The maximum absolute atomic E-state index is 12.0. The molecule has 0 unspecified atom stereocenters. The largest absolute Gasteiger partial charge is 0.344 e. The van der Waals surface area contributed by atoms with Crippen LogP contribution in [0.1, 0.15) is 5.56 Å². The van der Waals surface area contributed by atoms with E-state index in [1.54, 1.807) is 30.6 Å². The van der Waals surface area contributed by atoms with E-state index in [4.69, 9.17) is 0 Å². The number of carbonyl (C=O) groups excluding carboxylic acids is 2. The van der Waals surface area contributed by atoms with E-state index < -0.39 is 11.8 Å². The molecule has 0 aliphatic rings. The molecule has 0 bridgehead atoms. The lowest BCUT2D eigenvalue weighted by molar-refractivity contribution is -0.136. The van der Waals surface area contributed by atoms with Crippen molar-refractivity contribution in [2.45, 2.75) is 6.54 Å². The topological polar surface area (TPSA) is 71.1 Å². The Bertz CT molecular complexity index is 842. The van der Waals surface area contributed by atoms with E-state index in [0.29, 0.717) is 5.69 Å². The SMILES string of the molecule is O=C(NCc1ccncc1)C(=O)Nc1cccc2ccccc12. The van der Waals surface area contributed by atoms with Gasteiger partial charge in [-0.25, -0.2) is 0 Å². The third-order valence-corrected chi connectivity index (χ3v) is 3.45. The molecule has 114 valence electrons. The van der Waals surface area contributed by atoms with Crippen molar-refractivity contribution in [3.05, 3.63) is 72.6 Å². The van der Waals surface area contributed by atoms with E-state index in [0.717, 1.165) is 16.3 Å². The van der Waals surface area contributed by atoms with Crippen LogP contribution in [0.2, 0.25) is 0 Å². The number of nitrogens with one attached hydrogen (secondary N) is 2. The molecule has 0 saturated carbocycles. The summed E-state index contributed by atoms with van der Waals surface area (Å²) < 4.78 is 0. The average molecular weight is 305 g/mol. The molecule has 5 heteroatoms. The van der Waals surface area contributed by atoms with Gasteiger partial charge in [0.05, 0.1) is 0 Å². The van der Waals surface area contributed by atoms with Crippen LogP contribution < -0.4 is 10.6 Å². The fourth-order valence-electron chi connectivity index (χ4n) is 2.28. The summed E-state index contributed by atoms with van der Waals surface area (Å²) in [5, 5.41) is 7.14. The number of benzene rings is 2. The van der Waals surface area contributed by atoms with E-state index in [1.807, 2.05) is 36.4 Å². The van der Waals surface area contributed by atoms with Crippen molar-refractivity contribution in [2.75, 3.05) is 5.32 Å². The summed E-state index contributed by atoms with van der Waals surface area (Å²) >= 11 is 0. The standard InChI is InChI=1S/C18H15N3O2/c22-17(20-12-13-8-10-19-11-9-13)18(23)21-16-7-3-5-14-4-1-2-6-15(14)16/h1-11H,12H2,(H,20,22)(H,21,23). The molecule has 0 aliphatic heterocycles. The Labute approximate surface area is 133 Å². The Morgan fingerprint density at radius 3 is 2.43 bits per heavy atom. The molecular weight excluding hydrogens is 290 g/mol. The monoisotopic (exact) mass is 305 g/mol. The quantitative estimate of drug-likeness (QED) is 0.730. The predicted molar refractivity (Wildman–Crippen MR) is 88.7 cm³/mol. The van der Waals surface area contributed by atoms with Gasteiger partial charge in [0.1, 0.15) is 0 Å². The number of carbonyl (C=O) groups is 2. The molecule has 2 amide bonds. The number of amides is 2. The molecule has 2 aromatic carbocycles. The highest BCUT2D eigenvalue weighted by Crippen LogP contribution is 2.22. The zero-order valence-corrected chi connectivity index (χ0v) is 12.3. The number of aromatic nitrogens is 1. The first-order valence-electron chi connectivity index (χ1n) is 7.20. The fourth-order valence-corrected chi connectivity index (χ4v) is 2.28. The minimum atomic E-state index is -0.685. The van der Waals surface area contributed by atoms with Gasteiger partial charge in [-0.3, -0.25) is 14.6 Å². The first kappa shape index (κ1) is 14.7. The van der Waals surface area contributed by atoms with E-state index in [9.17, 15) is 9.59 Å². The lowest BCUT2D eigenvalue weighted by Gasteiger charge is -2.09. The second-order valence-corrected chi connectivity index (χ2v) is 5.02. The normalized spacial score (nSPS) is 10.3. The Hall–Kier alpha value is -3.21. The van der Waals surface area contributed by atoms with Crippen LogP contribution in [0.5, 0.6) is 0 Å². The molecular formula is C18H15N3O2. The summed E-state index contributed by atoms with van der Waals surface area (Å²) in [7, 11) is 0. The van der Waals surface area contributed by atoms with E-state index in [-0.39, 0.29) is 6.54 Å². The first-order valence-corrected chi connectivity index (χ1v) is 7.20. The molecule has 23 heavy (non-hydrogen) atoms. The zero-order chi connectivity index (χ0) is 16.1. The van der Waals surface area contributed by atoms with Crippen molar-refractivity contribution >= 4 is 28.3 Å². The van der Waals surface area contributed by atoms with Gasteiger partial charge >= 0.3 is 11.8 Å². The van der Waals surface area contributed by atoms with E-state index in [2.05, 4.69) is 15.6 Å². The Balaban J connectivity index is 1.67. The number of nitrogens with zero attached hydrogens (tertiary/aromatic N) is 1. The molecule has 0 aliphatic carbocycles. The summed E-state index contributed by atoms with van der Waals surface area (Å²) in [5.41, 5.74) is 1.50. The highest BCUT2D eigenvalue weighted by molar-refractivity contribution is 6.40. The van der Waals surface area contributed by atoms with Gasteiger partial charge in [-0.2, -0.15) is 0 Å². The molecule has 1 heterocycles. The highest BCUT2D eigenvalue weighted by atomic mass is 16.2. The molecule has 0 atom stereocenters. The summed E-state index contributed by atoms with van der Waals surface area (Å²) in [6, 6.07) is 16.8. The van der Waals surface area contributed by atoms with Crippen molar-refractivity contribution < 1.29 is 9.59 Å². The molecule has 3 rings (SSSR count). The lowest BCUT2D eigenvalue weighted by atomic mass is 10.1. The van der Waals surface area contributed by atoms with Gasteiger partial charge in [0.25, 0.3) is 0 Å². The molecule has 3 aromatic rings. The van der Waals surface area contributed by atoms with Gasteiger partial charge in [-0.05, 0) is 29.1 Å². The van der Waals surface area contributed by atoms with Crippen LogP contribution >= 0.6 is 0 Å². The van der Waals surface area contributed by atoms with E-state index in [1.165, 1.54) is 0 Å². The van der Waals surface area contributed by atoms with Gasteiger partial charge in [-0.15, -0.1) is 0 Å². The second kappa shape index (κ2) is 6.70. The third-order valence-electron chi connectivity index (χ3n) is 3.45. The van der Waals surface area contributed by atoms with Crippen LogP contribution in [-0.4, -0.2) is 16.8 Å². The number of hydrogen-bond acceptors (Lipinski definition) is 3. The highest BCUT2D eigenvalue weighted by Gasteiger charge is 2.14. The number of fused-ring (bicyclic) bond motifs is 1. The predicted octanol–water partition coefficient (Wildman–Crippen LogP) is 2.49. The second-order valence-electron chi connectivity index (χ2n) is 5.02. The minimum Gasteiger partial charge on any atom is -0.344 e. The van der Waals surface area contributed by atoms with Crippen molar-refractivity contribution in [1.82, 2.24) is 10.3 Å². The summed E-state index contributed by atoms with van der Waals surface area (Å²) in [4.78, 5) is 27.9. The van der Waals surface area contributed by atoms with Crippen LogP contribution in [0.25, 0.3) is 10.8 Å². The molecule has 0 saturated heterocycles. The average Bonchev–Trinajstić information content (AvgIpc) is 2.61. The molecule has 2 N–H and O–H groups in total. The van der Waals surface area contributed by atoms with Crippen LogP contribution in [0, 0.1) is 0 Å². The maximum atomic E-state index is 12.0. The van der Waals surface area contributed by atoms with Crippen molar-refractivity contribution in [2.24, 2.45) is 0 Å². The number of hydrogen-bond donors (Lipinski definition) is 2. The maximum Gasteiger partial charge on any atom is 0.313 e. The summed E-state index contributed by atoms with van der Waals surface area (Å²) in [6.45, 7) is 0.282. The summed E-state index contributed by atoms with van der Waals surface area (Å²) in [6.07, 6.45) is 3.27. The van der Waals surface area contributed by atoms with E-state index >= 15 is 0 Å².